The maximum Gasteiger partial charge on any atom is 0.204 e. The first kappa shape index (κ1) is 12.5. The van der Waals surface area contributed by atoms with Gasteiger partial charge in [-0.2, -0.15) is 8.78 Å². The monoisotopic (exact) mass is 228 g/mol. The van der Waals surface area contributed by atoms with Crippen LogP contribution in [0.1, 0.15) is 13.3 Å². The predicted octanol–water partition coefficient (Wildman–Crippen LogP) is 3.32. The summed E-state index contributed by atoms with van der Waals surface area (Å²) in [4.78, 5) is 0. The summed E-state index contributed by atoms with van der Waals surface area (Å²) in [6.07, 6.45) is 2.19. The lowest BCUT2D eigenvalue weighted by molar-refractivity contribution is 0.286. The van der Waals surface area contributed by atoms with Crippen molar-refractivity contribution in [1.29, 1.82) is 0 Å². The number of hydrogen-bond acceptors (Lipinski definition) is 2. The summed E-state index contributed by atoms with van der Waals surface area (Å²) in [5.41, 5.74) is 0. The maximum absolute atomic E-state index is 13.4. The Bertz CT molecular complexity index is 364. The highest BCUT2D eigenvalue weighted by molar-refractivity contribution is 5.35. The van der Waals surface area contributed by atoms with Gasteiger partial charge in [0.05, 0.1) is 6.61 Å². The highest BCUT2D eigenvalue weighted by Gasteiger charge is 2.15. The number of rotatable bonds is 6. The molecule has 0 atom stereocenters. The van der Waals surface area contributed by atoms with Gasteiger partial charge in [-0.25, -0.2) is 0 Å². The van der Waals surface area contributed by atoms with E-state index in [9.17, 15) is 8.78 Å². The van der Waals surface area contributed by atoms with E-state index >= 15 is 0 Å². The van der Waals surface area contributed by atoms with Crippen molar-refractivity contribution in [1.82, 2.24) is 0 Å². The number of hydrogen-bond donors (Lipinski definition) is 0. The quantitative estimate of drug-likeness (QED) is 0.695. The molecule has 1 aromatic rings. The first-order valence-electron chi connectivity index (χ1n) is 5.05. The Morgan fingerprint density at radius 3 is 2.25 bits per heavy atom. The normalized spacial score (nSPS) is 9.94. The lowest BCUT2D eigenvalue weighted by Gasteiger charge is -2.09. The molecule has 0 aliphatic rings. The van der Waals surface area contributed by atoms with Gasteiger partial charge in [0.1, 0.15) is 6.61 Å². The van der Waals surface area contributed by atoms with Crippen LogP contribution in [0.3, 0.4) is 0 Å². The van der Waals surface area contributed by atoms with Crippen molar-refractivity contribution in [2.75, 3.05) is 13.2 Å². The second kappa shape index (κ2) is 6.10. The standard InChI is InChI=1S/C12H14F2O2/c1-3-7-15-9-5-6-10(16-8-4-2)12(14)11(9)13/h3,5-6H,1,4,7-8H2,2H3. The highest BCUT2D eigenvalue weighted by Crippen LogP contribution is 2.27. The molecule has 0 saturated carbocycles. The van der Waals surface area contributed by atoms with Gasteiger partial charge in [0.2, 0.25) is 11.6 Å². The van der Waals surface area contributed by atoms with Crippen molar-refractivity contribution >= 4 is 0 Å². The molecule has 0 aliphatic carbocycles. The van der Waals surface area contributed by atoms with Crippen molar-refractivity contribution in [3.63, 3.8) is 0 Å². The zero-order chi connectivity index (χ0) is 12.0. The molecule has 0 N–H and O–H groups in total. The smallest absolute Gasteiger partial charge is 0.204 e. The van der Waals surface area contributed by atoms with Crippen LogP contribution in [0.4, 0.5) is 8.78 Å². The van der Waals surface area contributed by atoms with Crippen molar-refractivity contribution in [2.24, 2.45) is 0 Å². The molecule has 88 valence electrons. The molecule has 2 nitrogen and oxygen atoms in total. The Labute approximate surface area is 93.5 Å². The molecule has 0 heterocycles. The first-order valence-corrected chi connectivity index (χ1v) is 5.05. The van der Waals surface area contributed by atoms with E-state index in [0.29, 0.717) is 6.61 Å². The largest absolute Gasteiger partial charge is 0.490 e. The average Bonchev–Trinajstić information content (AvgIpc) is 2.30. The van der Waals surface area contributed by atoms with Gasteiger partial charge in [0.15, 0.2) is 11.5 Å². The third kappa shape index (κ3) is 2.95. The van der Waals surface area contributed by atoms with E-state index < -0.39 is 11.6 Å². The van der Waals surface area contributed by atoms with E-state index in [0.717, 1.165) is 6.42 Å². The summed E-state index contributed by atoms with van der Waals surface area (Å²) in [6.45, 7) is 5.79. The zero-order valence-electron chi connectivity index (χ0n) is 9.13. The molecule has 0 aromatic heterocycles. The van der Waals surface area contributed by atoms with Crippen LogP contribution in [-0.4, -0.2) is 13.2 Å². The molecular weight excluding hydrogens is 214 g/mol. The highest BCUT2D eigenvalue weighted by atomic mass is 19.2. The summed E-state index contributed by atoms with van der Waals surface area (Å²) in [5, 5.41) is 0. The van der Waals surface area contributed by atoms with Crippen LogP contribution in [0, 0.1) is 11.6 Å². The van der Waals surface area contributed by atoms with Crippen molar-refractivity contribution in [3.05, 3.63) is 36.4 Å². The average molecular weight is 228 g/mol. The molecule has 0 fully saturated rings. The summed E-state index contributed by atoms with van der Waals surface area (Å²) >= 11 is 0. The Balaban J connectivity index is 2.84. The Morgan fingerprint density at radius 1 is 1.19 bits per heavy atom. The lowest BCUT2D eigenvalue weighted by atomic mass is 10.3. The number of halogens is 2. The van der Waals surface area contributed by atoms with Crippen LogP contribution in [0.25, 0.3) is 0 Å². The molecule has 0 radical (unpaired) electrons. The van der Waals surface area contributed by atoms with Crippen molar-refractivity contribution < 1.29 is 18.3 Å². The van der Waals surface area contributed by atoms with E-state index in [1.54, 1.807) is 0 Å². The van der Waals surface area contributed by atoms with E-state index in [4.69, 9.17) is 9.47 Å². The van der Waals surface area contributed by atoms with E-state index in [-0.39, 0.29) is 18.1 Å². The topological polar surface area (TPSA) is 18.5 Å². The Kier molecular flexibility index (Phi) is 4.76. The lowest BCUT2D eigenvalue weighted by Crippen LogP contribution is -2.02. The fourth-order valence-corrected chi connectivity index (χ4v) is 1.10. The molecule has 1 rings (SSSR count). The number of ether oxygens (including phenoxy) is 2. The predicted molar refractivity (Wildman–Crippen MR) is 57.8 cm³/mol. The van der Waals surface area contributed by atoms with Crippen molar-refractivity contribution in [2.45, 2.75) is 13.3 Å². The molecule has 0 aliphatic heterocycles. The van der Waals surface area contributed by atoms with Gasteiger partial charge in [-0.15, -0.1) is 0 Å². The summed E-state index contributed by atoms with van der Waals surface area (Å²) in [7, 11) is 0. The van der Waals surface area contributed by atoms with Crippen molar-refractivity contribution in [3.8, 4) is 11.5 Å². The first-order chi connectivity index (χ1) is 7.70. The van der Waals surface area contributed by atoms with Crippen LogP contribution >= 0.6 is 0 Å². The maximum atomic E-state index is 13.4. The number of benzene rings is 1. The molecule has 16 heavy (non-hydrogen) atoms. The molecular formula is C12H14F2O2. The second-order valence-corrected chi connectivity index (χ2v) is 3.14. The molecule has 1 aromatic carbocycles. The SMILES string of the molecule is C=CCOc1ccc(OCCC)c(F)c1F. The van der Waals surface area contributed by atoms with Gasteiger partial charge in [-0.1, -0.05) is 19.6 Å². The fourth-order valence-electron chi connectivity index (χ4n) is 1.10. The minimum absolute atomic E-state index is 0.0923. The zero-order valence-corrected chi connectivity index (χ0v) is 9.13. The minimum Gasteiger partial charge on any atom is -0.490 e. The molecule has 0 unspecified atom stereocenters. The van der Waals surface area contributed by atoms with Gasteiger partial charge in [-0.3, -0.25) is 0 Å². The molecule has 0 spiro atoms. The van der Waals surface area contributed by atoms with E-state index in [2.05, 4.69) is 6.58 Å². The van der Waals surface area contributed by atoms with Gasteiger partial charge < -0.3 is 9.47 Å². The minimum atomic E-state index is -1.03. The Hall–Kier alpha value is -1.58. The third-order valence-electron chi connectivity index (χ3n) is 1.83. The van der Waals surface area contributed by atoms with E-state index in [1.807, 2.05) is 6.92 Å². The van der Waals surface area contributed by atoms with Crippen LogP contribution in [0.2, 0.25) is 0 Å². The summed E-state index contributed by atoms with van der Waals surface area (Å²) in [5.74, 6) is -2.28. The van der Waals surface area contributed by atoms with Gasteiger partial charge in [0.25, 0.3) is 0 Å². The second-order valence-electron chi connectivity index (χ2n) is 3.14. The van der Waals surface area contributed by atoms with Crippen LogP contribution < -0.4 is 9.47 Å². The van der Waals surface area contributed by atoms with Gasteiger partial charge in [0, 0.05) is 0 Å². The third-order valence-corrected chi connectivity index (χ3v) is 1.83. The summed E-state index contributed by atoms with van der Waals surface area (Å²) < 4.78 is 36.8. The fraction of sp³-hybridized carbons (Fsp3) is 0.333. The van der Waals surface area contributed by atoms with Gasteiger partial charge in [-0.05, 0) is 18.6 Å². The van der Waals surface area contributed by atoms with Gasteiger partial charge >= 0.3 is 0 Å². The van der Waals surface area contributed by atoms with Crippen LogP contribution in [-0.2, 0) is 0 Å². The molecule has 0 amide bonds. The molecule has 0 bridgehead atoms. The van der Waals surface area contributed by atoms with Crippen LogP contribution in [0.5, 0.6) is 11.5 Å². The molecule has 4 heteroatoms. The van der Waals surface area contributed by atoms with Crippen LogP contribution in [0.15, 0.2) is 24.8 Å². The summed E-state index contributed by atoms with van der Waals surface area (Å²) in [6, 6.07) is 2.69. The Morgan fingerprint density at radius 2 is 1.75 bits per heavy atom. The molecule has 0 saturated heterocycles. The van der Waals surface area contributed by atoms with E-state index in [1.165, 1.54) is 18.2 Å².